The Morgan fingerprint density at radius 3 is 2.60 bits per heavy atom. The second kappa shape index (κ2) is 10.2. The molecule has 1 amide bonds. The van der Waals surface area contributed by atoms with E-state index in [1.54, 1.807) is 0 Å². The van der Waals surface area contributed by atoms with Crippen molar-refractivity contribution in [2.24, 2.45) is 0 Å². The predicted molar refractivity (Wildman–Crippen MR) is 65.4 cm³/mol. The van der Waals surface area contributed by atoms with Crippen molar-refractivity contribution in [1.29, 1.82) is 0 Å². The van der Waals surface area contributed by atoms with E-state index in [1.165, 1.54) is 0 Å². The van der Waals surface area contributed by atoms with E-state index in [1.807, 2.05) is 0 Å². The van der Waals surface area contributed by atoms with Gasteiger partial charge in [0.15, 0.2) is 0 Å². The highest BCUT2D eigenvalue weighted by molar-refractivity contribution is 6.17. The molecule has 0 atom stereocenters. The highest BCUT2D eigenvalue weighted by Crippen LogP contribution is 1.92. The number of halogens is 1. The Morgan fingerprint density at radius 2 is 2.07 bits per heavy atom. The van der Waals surface area contributed by atoms with Crippen molar-refractivity contribution >= 4 is 17.5 Å². The van der Waals surface area contributed by atoms with Crippen LogP contribution >= 0.6 is 11.6 Å². The van der Waals surface area contributed by atoms with Crippen LogP contribution in [-0.2, 0) is 4.79 Å². The van der Waals surface area contributed by atoms with E-state index >= 15 is 0 Å². The molecule has 90 valence electrons. The van der Waals surface area contributed by atoms with E-state index in [9.17, 15) is 4.79 Å². The van der Waals surface area contributed by atoms with Gasteiger partial charge in [0.1, 0.15) is 0 Å². The number of nitrogens with one attached hydrogen (secondary N) is 1. The van der Waals surface area contributed by atoms with Gasteiger partial charge in [-0.2, -0.15) is 0 Å². The van der Waals surface area contributed by atoms with E-state index in [0.717, 1.165) is 39.0 Å². The molecule has 0 bridgehead atoms. The van der Waals surface area contributed by atoms with Crippen LogP contribution in [-0.4, -0.2) is 42.9 Å². The van der Waals surface area contributed by atoms with Gasteiger partial charge < -0.3 is 10.2 Å². The monoisotopic (exact) mass is 234 g/mol. The van der Waals surface area contributed by atoms with Crippen LogP contribution in [0.25, 0.3) is 0 Å². The normalized spacial score (nSPS) is 10.7. The number of amides is 1. The van der Waals surface area contributed by atoms with Crippen molar-refractivity contribution in [1.82, 2.24) is 10.2 Å². The summed E-state index contributed by atoms with van der Waals surface area (Å²) in [5.74, 6) is 0.674. The fourth-order valence-electron chi connectivity index (χ4n) is 1.41. The van der Waals surface area contributed by atoms with Gasteiger partial charge in [-0.1, -0.05) is 13.8 Å². The maximum atomic E-state index is 11.2. The Kier molecular flexibility index (Phi) is 10.1. The molecular formula is C11H23ClN2O. The van der Waals surface area contributed by atoms with E-state index < -0.39 is 0 Å². The van der Waals surface area contributed by atoms with Crippen LogP contribution in [0.2, 0.25) is 0 Å². The first-order valence-corrected chi connectivity index (χ1v) is 6.33. The molecule has 0 fully saturated rings. The van der Waals surface area contributed by atoms with Crippen molar-refractivity contribution in [3.05, 3.63) is 0 Å². The average Bonchev–Trinajstić information content (AvgIpc) is 2.25. The third-order valence-electron chi connectivity index (χ3n) is 2.27. The van der Waals surface area contributed by atoms with Crippen LogP contribution < -0.4 is 5.32 Å². The third-order valence-corrected chi connectivity index (χ3v) is 2.54. The molecule has 0 aromatic carbocycles. The molecule has 0 aromatic rings. The Bertz CT molecular complexity index is 165. The summed E-state index contributed by atoms with van der Waals surface area (Å²) in [5, 5.41) is 2.90. The van der Waals surface area contributed by atoms with E-state index in [0.29, 0.717) is 12.3 Å². The molecule has 0 unspecified atom stereocenters. The van der Waals surface area contributed by atoms with Crippen molar-refractivity contribution in [2.75, 3.05) is 32.1 Å². The lowest BCUT2D eigenvalue weighted by atomic mass is 10.3. The summed E-state index contributed by atoms with van der Waals surface area (Å²) in [5.41, 5.74) is 0. The summed E-state index contributed by atoms with van der Waals surface area (Å²) in [6, 6.07) is 0. The first-order chi connectivity index (χ1) is 7.24. The van der Waals surface area contributed by atoms with Gasteiger partial charge in [0, 0.05) is 25.4 Å². The number of likely N-dealkylation sites (N-methyl/N-ethyl adjacent to an activating group) is 1. The number of carbonyl (C=O) groups excluding carboxylic acids is 1. The van der Waals surface area contributed by atoms with Gasteiger partial charge >= 0.3 is 0 Å². The third kappa shape index (κ3) is 8.70. The molecule has 0 rings (SSSR count). The van der Waals surface area contributed by atoms with E-state index in [-0.39, 0.29) is 5.91 Å². The number of hydrogen-bond donors (Lipinski definition) is 1. The predicted octanol–water partition coefficient (Wildman–Crippen LogP) is 1.85. The molecule has 0 aromatic heterocycles. The van der Waals surface area contributed by atoms with Crippen molar-refractivity contribution in [3.63, 3.8) is 0 Å². The number of carbonyl (C=O) groups is 1. The Labute approximate surface area is 98.2 Å². The second-order valence-corrected chi connectivity index (χ2v) is 3.95. The molecule has 3 nitrogen and oxygen atoms in total. The van der Waals surface area contributed by atoms with Crippen molar-refractivity contribution in [3.8, 4) is 0 Å². The largest absolute Gasteiger partial charge is 0.355 e. The molecule has 0 saturated carbocycles. The van der Waals surface area contributed by atoms with Crippen LogP contribution in [0, 0.1) is 0 Å². The topological polar surface area (TPSA) is 32.3 Å². The van der Waals surface area contributed by atoms with E-state index in [2.05, 4.69) is 24.1 Å². The SMILES string of the molecule is CCCN(CC)CCNC(=O)CCCCl. The summed E-state index contributed by atoms with van der Waals surface area (Å²) in [6.45, 7) is 8.15. The van der Waals surface area contributed by atoms with Gasteiger partial charge in [-0.25, -0.2) is 0 Å². The Morgan fingerprint density at radius 1 is 1.33 bits per heavy atom. The highest BCUT2D eigenvalue weighted by atomic mass is 35.5. The lowest BCUT2D eigenvalue weighted by Gasteiger charge is -2.19. The first kappa shape index (κ1) is 14.7. The van der Waals surface area contributed by atoms with Crippen LogP contribution in [0.3, 0.4) is 0 Å². The summed E-state index contributed by atoms with van der Waals surface area (Å²) >= 11 is 5.51. The fourth-order valence-corrected chi connectivity index (χ4v) is 1.55. The second-order valence-electron chi connectivity index (χ2n) is 3.58. The van der Waals surface area contributed by atoms with Crippen molar-refractivity contribution < 1.29 is 4.79 Å². The van der Waals surface area contributed by atoms with Crippen LogP contribution in [0.1, 0.15) is 33.1 Å². The minimum atomic E-state index is 0.114. The molecule has 0 aliphatic carbocycles. The maximum absolute atomic E-state index is 11.2. The highest BCUT2D eigenvalue weighted by Gasteiger charge is 2.02. The van der Waals surface area contributed by atoms with Gasteiger partial charge in [0.05, 0.1) is 0 Å². The standard InChI is InChI=1S/C11H23ClN2O/c1-3-9-14(4-2)10-8-13-11(15)6-5-7-12/h3-10H2,1-2H3,(H,13,15). The van der Waals surface area contributed by atoms with Gasteiger partial charge in [-0.15, -0.1) is 11.6 Å². The van der Waals surface area contributed by atoms with Crippen LogP contribution in [0.5, 0.6) is 0 Å². The van der Waals surface area contributed by atoms with E-state index in [4.69, 9.17) is 11.6 Å². The Hall–Kier alpha value is -0.280. The minimum Gasteiger partial charge on any atom is -0.355 e. The molecule has 0 saturated heterocycles. The zero-order chi connectivity index (χ0) is 11.5. The maximum Gasteiger partial charge on any atom is 0.220 e. The number of nitrogens with zero attached hydrogens (tertiary/aromatic N) is 1. The summed E-state index contributed by atoms with van der Waals surface area (Å²) in [6.07, 6.45) is 2.47. The van der Waals surface area contributed by atoms with Crippen molar-refractivity contribution in [2.45, 2.75) is 33.1 Å². The smallest absolute Gasteiger partial charge is 0.220 e. The summed E-state index contributed by atoms with van der Waals surface area (Å²) in [7, 11) is 0. The molecule has 4 heteroatoms. The zero-order valence-corrected chi connectivity index (χ0v) is 10.6. The average molecular weight is 235 g/mol. The fraction of sp³-hybridized carbons (Fsp3) is 0.909. The van der Waals surface area contributed by atoms with Gasteiger partial charge in [-0.05, 0) is 25.9 Å². The first-order valence-electron chi connectivity index (χ1n) is 5.79. The molecule has 0 spiro atoms. The molecular weight excluding hydrogens is 212 g/mol. The summed E-state index contributed by atoms with van der Waals surface area (Å²) < 4.78 is 0. The molecule has 0 heterocycles. The molecule has 15 heavy (non-hydrogen) atoms. The number of alkyl halides is 1. The molecule has 0 aliphatic rings. The van der Waals surface area contributed by atoms with Gasteiger partial charge in [0.25, 0.3) is 0 Å². The molecule has 0 aliphatic heterocycles. The lowest BCUT2D eigenvalue weighted by Crippen LogP contribution is -2.35. The number of hydrogen-bond acceptors (Lipinski definition) is 2. The lowest BCUT2D eigenvalue weighted by molar-refractivity contribution is -0.121. The molecule has 0 radical (unpaired) electrons. The van der Waals surface area contributed by atoms with Gasteiger partial charge in [0.2, 0.25) is 5.91 Å². The Balaban J connectivity index is 3.45. The zero-order valence-electron chi connectivity index (χ0n) is 9.89. The van der Waals surface area contributed by atoms with Crippen LogP contribution in [0.15, 0.2) is 0 Å². The quantitative estimate of drug-likeness (QED) is 0.618. The summed E-state index contributed by atoms with van der Waals surface area (Å²) in [4.78, 5) is 13.6. The van der Waals surface area contributed by atoms with Crippen LogP contribution in [0.4, 0.5) is 0 Å². The minimum absolute atomic E-state index is 0.114. The number of rotatable bonds is 9. The van der Waals surface area contributed by atoms with Gasteiger partial charge in [-0.3, -0.25) is 4.79 Å². The molecule has 1 N–H and O–H groups in total.